The molecule has 112 valence electrons. The molecule has 1 aliphatic rings. The monoisotopic (exact) mass is 298 g/mol. The quantitative estimate of drug-likeness (QED) is 0.732. The number of aliphatic hydroxyl groups is 1. The van der Waals surface area contributed by atoms with Crippen molar-refractivity contribution < 1.29 is 9.84 Å². The number of hydrogen-bond donors (Lipinski definition) is 2. The summed E-state index contributed by atoms with van der Waals surface area (Å²) >= 11 is 6.11. The van der Waals surface area contributed by atoms with Gasteiger partial charge in [-0.2, -0.15) is 0 Å². The van der Waals surface area contributed by atoms with Crippen LogP contribution in [0.4, 0.5) is 5.69 Å². The maximum Gasteiger partial charge on any atom is 0.0637 e. The highest BCUT2D eigenvalue weighted by molar-refractivity contribution is 6.30. The van der Waals surface area contributed by atoms with Gasteiger partial charge in [-0.1, -0.05) is 11.6 Å². The summed E-state index contributed by atoms with van der Waals surface area (Å²) < 4.78 is 5.15. The Morgan fingerprint density at radius 1 is 1.40 bits per heavy atom. The van der Waals surface area contributed by atoms with Crippen LogP contribution in [-0.4, -0.2) is 44.6 Å². The lowest BCUT2D eigenvalue weighted by atomic mass is 10.1. The molecule has 20 heavy (non-hydrogen) atoms. The predicted octanol–water partition coefficient (Wildman–Crippen LogP) is 2.04. The number of anilines is 1. The van der Waals surface area contributed by atoms with Gasteiger partial charge >= 0.3 is 0 Å². The molecule has 0 atom stereocenters. The zero-order valence-corrected chi connectivity index (χ0v) is 12.7. The summed E-state index contributed by atoms with van der Waals surface area (Å²) in [6.07, 6.45) is 2.53. The number of aliphatic hydroxyl groups excluding tert-OH is 1. The molecule has 1 fully saturated rings. The van der Waals surface area contributed by atoms with E-state index < -0.39 is 0 Å². The van der Waals surface area contributed by atoms with Gasteiger partial charge < -0.3 is 20.1 Å². The van der Waals surface area contributed by atoms with Crippen molar-refractivity contribution >= 4 is 17.3 Å². The highest BCUT2D eigenvalue weighted by Gasteiger charge is 2.21. The van der Waals surface area contributed by atoms with Crippen molar-refractivity contribution in [3.8, 4) is 0 Å². The summed E-state index contributed by atoms with van der Waals surface area (Å²) in [7, 11) is 1.69. The van der Waals surface area contributed by atoms with Crippen molar-refractivity contribution in [3.05, 3.63) is 28.8 Å². The molecule has 0 aromatic heterocycles. The lowest BCUT2D eigenvalue weighted by Crippen LogP contribution is -2.31. The Hall–Kier alpha value is -0.810. The molecule has 0 heterocycles. The first-order valence-electron chi connectivity index (χ1n) is 7.11. The number of ether oxygens (including phenoxy) is 1. The maximum absolute atomic E-state index is 9.25. The van der Waals surface area contributed by atoms with E-state index >= 15 is 0 Å². The van der Waals surface area contributed by atoms with Crippen LogP contribution in [0.1, 0.15) is 18.4 Å². The minimum atomic E-state index is 0.127. The molecule has 1 aromatic carbocycles. The van der Waals surface area contributed by atoms with Gasteiger partial charge in [0.1, 0.15) is 0 Å². The smallest absolute Gasteiger partial charge is 0.0637 e. The molecular formula is C15H23ClN2O2. The molecule has 0 bridgehead atoms. The molecule has 0 spiro atoms. The second-order valence-electron chi connectivity index (χ2n) is 5.13. The van der Waals surface area contributed by atoms with Crippen LogP contribution >= 0.6 is 11.6 Å². The van der Waals surface area contributed by atoms with E-state index in [2.05, 4.69) is 10.2 Å². The van der Waals surface area contributed by atoms with Crippen LogP contribution in [0.25, 0.3) is 0 Å². The van der Waals surface area contributed by atoms with E-state index in [1.807, 2.05) is 18.2 Å². The molecule has 0 radical (unpaired) electrons. The van der Waals surface area contributed by atoms with E-state index in [0.29, 0.717) is 19.2 Å². The van der Waals surface area contributed by atoms with Crippen molar-refractivity contribution in [1.29, 1.82) is 0 Å². The van der Waals surface area contributed by atoms with E-state index in [1.165, 1.54) is 18.4 Å². The molecule has 2 N–H and O–H groups in total. The highest BCUT2D eigenvalue weighted by Crippen LogP contribution is 2.26. The van der Waals surface area contributed by atoms with Gasteiger partial charge in [0.05, 0.1) is 13.2 Å². The Morgan fingerprint density at radius 2 is 2.20 bits per heavy atom. The van der Waals surface area contributed by atoms with Crippen LogP contribution in [0.3, 0.4) is 0 Å². The number of hydrogen-bond acceptors (Lipinski definition) is 4. The summed E-state index contributed by atoms with van der Waals surface area (Å²) in [5.74, 6) is 0. The fourth-order valence-corrected chi connectivity index (χ4v) is 2.42. The van der Waals surface area contributed by atoms with Crippen LogP contribution in [0.15, 0.2) is 18.2 Å². The van der Waals surface area contributed by atoms with Crippen molar-refractivity contribution in [3.63, 3.8) is 0 Å². The molecule has 0 aliphatic heterocycles. The standard InChI is InChI=1S/C15H23ClN2O2/c1-20-9-7-18(6-8-19)15-5-2-13(16)10-12(15)11-17-14-3-4-14/h2,5,10,14,17,19H,3-4,6-9,11H2,1H3. The molecule has 5 heteroatoms. The molecule has 0 unspecified atom stereocenters. The summed E-state index contributed by atoms with van der Waals surface area (Å²) in [6, 6.07) is 6.59. The Balaban J connectivity index is 2.11. The Labute approximate surface area is 125 Å². The summed E-state index contributed by atoms with van der Waals surface area (Å²) in [4.78, 5) is 2.14. The zero-order chi connectivity index (χ0) is 14.4. The van der Waals surface area contributed by atoms with Crippen molar-refractivity contribution in [2.75, 3.05) is 38.3 Å². The van der Waals surface area contributed by atoms with Crippen molar-refractivity contribution in [2.45, 2.75) is 25.4 Å². The van der Waals surface area contributed by atoms with Gasteiger partial charge in [0.15, 0.2) is 0 Å². The zero-order valence-electron chi connectivity index (χ0n) is 11.9. The molecule has 0 amide bonds. The van der Waals surface area contributed by atoms with Crippen molar-refractivity contribution in [2.24, 2.45) is 0 Å². The fraction of sp³-hybridized carbons (Fsp3) is 0.600. The Kier molecular flexibility index (Phi) is 6.10. The number of nitrogens with one attached hydrogen (secondary N) is 1. The fourth-order valence-electron chi connectivity index (χ4n) is 2.22. The van der Waals surface area contributed by atoms with Gasteiger partial charge in [0.2, 0.25) is 0 Å². The van der Waals surface area contributed by atoms with E-state index in [0.717, 1.165) is 23.8 Å². The number of halogens is 1. The van der Waals surface area contributed by atoms with Gasteiger partial charge in [-0.05, 0) is 36.6 Å². The Bertz CT molecular complexity index is 424. The molecule has 1 saturated carbocycles. The number of benzene rings is 1. The first kappa shape index (κ1) is 15.6. The third kappa shape index (κ3) is 4.63. The summed E-state index contributed by atoms with van der Waals surface area (Å²) in [5.41, 5.74) is 2.29. The minimum absolute atomic E-state index is 0.127. The van der Waals surface area contributed by atoms with E-state index in [9.17, 15) is 5.11 Å². The van der Waals surface area contributed by atoms with Gasteiger partial charge in [-0.15, -0.1) is 0 Å². The second-order valence-corrected chi connectivity index (χ2v) is 5.57. The van der Waals surface area contributed by atoms with Gasteiger partial charge in [-0.25, -0.2) is 0 Å². The van der Waals surface area contributed by atoms with Crippen LogP contribution in [0, 0.1) is 0 Å². The number of methoxy groups -OCH3 is 1. The maximum atomic E-state index is 9.25. The Morgan fingerprint density at radius 3 is 2.85 bits per heavy atom. The molecule has 2 rings (SSSR count). The van der Waals surface area contributed by atoms with Crippen LogP contribution in [-0.2, 0) is 11.3 Å². The summed E-state index contributed by atoms with van der Waals surface area (Å²) in [6.45, 7) is 2.94. The molecule has 1 aliphatic carbocycles. The van der Waals surface area contributed by atoms with Crippen LogP contribution in [0.2, 0.25) is 5.02 Å². The number of nitrogens with zero attached hydrogens (tertiary/aromatic N) is 1. The minimum Gasteiger partial charge on any atom is -0.395 e. The van der Waals surface area contributed by atoms with Crippen LogP contribution in [0.5, 0.6) is 0 Å². The molecule has 0 saturated heterocycles. The number of rotatable bonds is 9. The van der Waals surface area contributed by atoms with Gasteiger partial charge in [0.25, 0.3) is 0 Å². The average molecular weight is 299 g/mol. The average Bonchev–Trinajstić information content (AvgIpc) is 3.26. The van der Waals surface area contributed by atoms with E-state index in [-0.39, 0.29) is 6.61 Å². The third-order valence-corrected chi connectivity index (χ3v) is 3.71. The van der Waals surface area contributed by atoms with E-state index in [4.69, 9.17) is 16.3 Å². The van der Waals surface area contributed by atoms with Gasteiger partial charge in [0, 0.05) is 43.5 Å². The lowest BCUT2D eigenvalue weighted by molar-refractivity contribution is 0.203. The SMILES string of the molecule is COCCN(CCO)c1ccc(Cl)cc1CNC1CC1. The molecule has 4 nitrogen and oxygen atoms in total. The second kappa shape index (κ2) is 7.84. The van der Waals surface area contributed by atoms with Gasteiger partial charge in [-0.3, -0.25) is 0 Å². The predicted molar refractivity (Wildman–Crippen MR) is 82.5 cm³/mol. The largest absolute Gasteiger partial charge is 0.395 e. The summed E-state index contributed by atoms with van der Waals surface area (Å²) in [5, 5.41) is 13.5. The lowest BCUT2D eigenvalue weighted by Gasteiger charge is -2.26. The van der Waals surface area contributed by atoms with Crippen LogP contribution < -0.4 is 10.2 Å². The molecule has 1 aromatic rings. The first-order chi connectivity index (χ1) is 9.74. The normalized spacial score (nSPS) is 14.6. The topological polar surface area (TPSA) is 44.7 Å². The van der Waals surface area contributed by atoms with E-state index in [1.54, 1.807) is 7.11 Å². The molecular weight excluding hydrogens is 276 g/mol. The highest BCUT2D eigenvalue weighted by atomic mass is 35.5. The first-order valence-corrected chi connectivity index (χ1v) is 7.49. The third-order valence-electron chi connectivity index (χ3n) is 3.48. The van der Waals surface area contributed by atoms with Crippen molar-refractivity contribution in [1.82, 2.24) is 5.32 Å².